The van der Waals surface area contributed by atoms with Crippen molar-refractivity contribution in [1.82, 2.24) is 29.6 Å². The summed E-state index contributed by atoms with van der Waals surface area (Å²) in [5, 5.41) is 17.6. The first-order valence-electron chi connectivity index (χ1n) is 12.3. The summed E-state index contributed by atoms with van der Waals surface area (Å²) in [7, 11) is -0.633. The Morgan fingerprint density at radius 2 is 1.88 bits per heavy atom. The number of piperazine rings is 1. The third-order valence-corrected chi connectivity index (χ3v) is 9.07. The molecule has 5 rings (SSSR count). The van der Waals surface area contributed by atoms with Crippen LogP contribution in [0.25, 0.3) is 16.3 Å². The Morgan fingerprint density at radius 1 is 1.25 bits per heavy atom. The molecule has 0 amide bonds. The van der Waals surface area contributed by atoms with E-state index < -0.39 is 27.0 Å². The van der Waals surface area contributed by atoms with Gasteiger partial charge in [0.2, 0.25) is 10.0 Å². The molecule has 2 atom stereocenters. The number of rotatable bonds is 10. The number of nitrogens with one attached hydrogen (secondary N) is 2. The summed E-state index contributed by atoms with van der Waals surface area (Å²) in [4.78, 5) is 14.9. The number of carboxylic acid groups (broad SMARTS) is 1. The zero-order valence-electron chi connectivity index (χ0n) is 22.1. The molecule has 0 bridgehead atoms. The first-order chi connectivity index (χ1) is 19.0. The quantitative estimate of drug-likeness (QED) is 0.290. The number of fused-ring (bicyclic) bond motifs is 1. The Morgan fingerprint density at radius 3 is 2.40 bits per heavy atom. The zero-order valence-corrected chi connectivity index (χ0v) is 23.7. The van der Waals surface area contributed by atoms with E-state index in [1.165, 1.54) is 6.20 Å². The second-order valence-corrected chi connectivity index (χ2v) is 12.5. The van der Waals surface area contributed by atoms with Gasteiger partial charge in [-0.05, 0) is 25.8 Å². The Balaban J connectivity index is 0.00000118. The number of alkyl halides is 2. The normalized spacial score (nSPS) is 20.4. The van der Waals surface area contributed by atoms with Crippen molar-refractivity contribution in [2.45, 2.75) is 48.7 Å². The van der Waals surface area contributed by atoms with Crippen LogP contribution in [0.3, 0.4) is 0 Å². The van der Waals surface area contributed by atoms with E-state index in [1.807, 2.05) is 6.92 Å². The summed E-state index contributed by atoms with van der Waals surface area (Å²) in [6, 6.07) is 1.59. The number of pyridine rings is 1. The van der Waals surface area contributed by atoms with Gasteiger partial charge < -0.3 is 24.8 Å². The predicted molar refractivity (Wildman–Crippen MR) is 142 cm³/mol. The molecule has 3 aromatic rings. The van der Waals surface area contributed by atoms with Crippen molar-refractivity contribution in [2.75, 3.05) is 45.4 Å². The number of methoxy groups -OCH3 is 2. The van der Waals surface area contributed by atoms with Gasteiger partial charge in [-0.15, -0.1) is 10.2 Å². The molecule has 40 heavy (non-hydrogen) atoms. The van der Waals surface area contributed by atoms with Gasteiger partial charge in [0.25, 0.3) is 12.9 Å². The van der Waals surface area contributed by atoms with Crippen molar-refractivity contribution in [1.29, 1.82) is 0 Å². The van der Waals surface area contributed by atoms with E-state index in [-0.39, 0.29) is 34.3 Å². The minimum atomic E-state index is -3.88. The van der Waals surface area contributed by atoms with Crippen LogP contribution in [0.15, 0.2) is 23.4 Å². The van der Waals surface area contributed by atoms with Gasteiger partial charge in [0.15, 0.2) is 15.8 Å². The highest BCUT2D eigenvalue weighted by Crippen LogP contribution is 2.37. The molecule has 0 aromatic carbocycles. The van der Waals surface area contributed by atoms with Gasteiger partial charge >= 0.3 is 0 Å². The van der Waals surface area contributed by atoms with Crippen LogP contribution in [0.2, 0.25) is 0 Å². The average Bonchev–Trinajstić information content (AvgIpc) is 3.27. The van der Waals surface area contributed by atoms with Gasteiger partial charge in [0.1, 0.15) is 4.90 Å². The Kier molecular flexibility index (Phi) is 9.31. The lowest BCUT2D eigenvalue weighted by atomic mass is 10.1. The van der Waals surface area contributed by atoms with Crippen molar-refractivity contribution >= 4 is 39.0 Å². The predicted octanol–water partition coefficient (Wildman–Crippen LogP) is 1.76. The number of ether oxygens (including phenoxy) is 2. The highest BCUT2D eigenvalue weighted by atomic mass is 32.2. The molecule has 2 fully saturated rings. The van der Waals surface area contributed by atoms with E-state index in [9.17, 15) is 17.2 Å². The summed E-state index contributed by atoms with van der Waals surface area (Å²) in [5.74, 6) is 0.243. The van der Waals surface area contributed by atoms with E-state index in [0.717, 1.165) is 24.2 Å². The maximum atomic E-state index is 13.4. The SMILES string of the molecule is COC[C@H]1CN(c2cc(S(=O)(=O)NC3(C)CC3)cn3c(-c4nnc(C(F)F)s4)ncc23)C[C@H](COC)N1.O=CO. The fourth-order valence-electron chi connectivity index (χ4n) is 4.54. The molecule has 3 N–H and O–H groups in total. The third-order valence-electron chi connectivity index (χ3n) is 6.53. The van der Waals surface area contributed by atoms with Crippen LogP contribution in [0.1, 0.15) is 31.2 Å². The lowest BCUT2D eigenvalue weighted by molar-refractivity contribution is -0.122. The van der Waals surface area contributed by atoms with Gasteiger partial charge in [-0.25, -0.2) is 26.9 Å². The molecule has 0 spiro atoms. The maximum Gasteiger partial charge on any atom is 0.291 e. The largest absolute Gasteiger partial charge is 0.483 e. The van der Waals surface area contributed by atoms with Crippen molar-refractivity contribution in [2.24, 2.45) is 0 Å². The zero-order chi connectivity index (χ0) is 29.1. The van der Waals surface area contributed by atoms with E-state index >= 15 is 0 Å². The second kappa shape index (κ2) is 12.4. The Bertz CT molecular complexity index is 1420. The molecule has 17 heteroatoms. The number of carbonyl (C=O) groups is 1. The number of nitrogens with zero attached hydrogens (tertiary/aromatic N) is 5. The molecule has 1 aliphatic heterocycles. The van der Waals surface area contributed by atoms with Crippen molar-refractivity contribution in [3.8, 4) is 10.8 Å². The van der Waals surface area contributed by atoms with Crippen LogP contribution < -0.4 is 14.9 Å². The molecule has 0 unspecified atom stereocenters. The number of aromatic nitrogens is 4. The summed E-state index contributed by atoms with van der Waals surface area (Å²) in [6.45, 7) is 3.62. The topological polar surface area (TPSA) is 160 Å². The lowest BCUT2D eigenvalue weighted by Crippen LogP contribution is -2.59. The molecule has 0 radical (unpaired) electrons. The third kappa shape index (κ3) is 6.72. The fraction of sp³-hybridized carbons (Fsp3) is 0.565. The van der Waals surface area contributed by atoms with E-state index in [0.29, 0.717) is 37.5 Å². The van der Waals surface area contributed by atoms with Gasteiger partial charge in [-0.1, -0.05) is 11.3 Å². The number of anilines is 1. The minimum Gasteiger partial charge on any atom is -0.483 e. The molecule has 1 aliphatic carbocycles. The number of halogens is 2. The van der Waals surface area contributed by atoms with Crippen LogP contribution in [-0.2, 0) is 24.3 Å². The number of sulfonamides is 1. The van der Waals surface area contributed by atoms with Crippen molar-refractivity contribution in [3.63, 3.8) is 0 Å². The monoisotopic (exact) mass is 603 g/mol. The van der Waals surface area contributed by atoms with Crippen LogP contribution in [-0.4, -0.2) is 97.7 Å². The first kappa shape index (κ1) is 30.1. The number of imidazole rings is 1. The molecule has 220 valence electrons. The molecule has 2 aliphatic rings. The smallest absolute Gasteiger partial charge is 0.291 e. The first-order valence-corrected chi connectivity index (χ1v) is 14.6. The minimum absolute atomic E-state index is 0.0260. The highest BCUT2D eigenvalue weighted by Gasteiger charge is 2.41. The summed E-state index contributed by atoms with van der Waals surface area (Å²) < 4.78 is 68.3. The van der Waals surface area contributed by atoms with Crippen LogP contribution in [0.4, 0.5) is 14.5 Å². The lowest BCUT2D eigenvalue weighted by Gasteiger charge is -2.40. The average molecular weight is 604 g/mol. The van der Waals surface area contributed by atoms with E-state index in [1.54, 1.807) is 30.9 Å². The van der Waals surface area contributed by atoms with Gasteiger partial charge in [0, 0.05) is 51.1 Å². The van der Waals surface area contributed by atoms with Gasteiger partial charge in [-0.3, -0.25) is 9.20 Å². The molecular formula is C23H31F2N7O6S2. The van der Waals surface area contributed by atoms with E-state index in [2.05, 4.69) is 30.1 Å². The summed E-state index contributed by atoms with van der Waals surface area (Å²) in [5.41, 5.74) is 0.790. The fourth-order valence-corrected chi connectivity index (χ4v) is 6.72. The van der Waals surface area contributed by atoms with Crippen LogP contribution in [0.5, 0.6) is 0 Å². The van der Waals surface area contributed by atoms with Gasteiger partial charge in [0.05, 0.1) is 30.6 Å². The standard InChI is InChI=1S/C22H29F2N7O4S2.CH2O2/c1-22(4-5-22)29-37(32,33)15-6-16(30-8-13(11-34-2)26-14(9-30)12-35-3)17-7-25-19(31(17)10-15)21-28-27-20(36-21)18(23)24;2-1-3/h6-7,10,13-14,18,26,29H,4-5,8-9,11-12H2,1-3H3;1H,(H,2,3)/t13-,14-;/m1./s1. The highest BCUT2D eigenvalue weighted by molar-refractivity contribution is 7.89. The van der Waals surface area contributed by atoms with Gasteiger partial charge in [-0.2, -0.15) is 0 Å². The van der Waals surface area contributed by atoms with Crippen molar-refractivity contribution in [3.05, 3.63) is 23.5 Å². The maximum absolute atomic E-state index is 13.4. The van der Waals surface area contributed by atoms with E-state index in [4.69, 9.17) is 19.4 Å². The molecule has 1 saturated carbocycles. The molecule has 4 heterocycles. The molecular weight excluding hydrogens is 572 g/mol. The molecule has 13 nitrogen and oxygen atoms in total. The van der Waals surface area contributed by atoms with Crippen LogP contribution >= 0.6 is 11.3 Å². The Labute approximate surface area is 233 Å². The number of hydrogen-bond acceptors (Lipinski definition) is 11. The molecule has 1 saturated heterocycles. The number of hydrogen-bond donors (Lipinski definition) is 3. The summed E-state index contributed by atoms with van der Waals surface area (Å²) >= 11 is 0.725. The molecule has 3 aromatic heterocycles. The van der Waals surface area contributed by atoms with Crippen LogP contribution in [0, 0.1) is 0 Å². The summed E-state index contributed by atoms with van der Waals surface area (Å²) in [6.07, 6.45) is 1.81. The Hall–Kier alpha value is -2.83. The van der Waals surface area contributed by atoms with Crippen molar-refractivity contribution < 1.29 is 36.6 Å². The second-order valence-electron chi connectivity index (χ2n) is 9.79.